The minimum atomic E-state index is 0.0372. The zero-order valence-corrected chi connectivity index (χ0v) is 13.2. The fourth-order valence-corrected chi connectivity index (χ4v) is 2.81. The Hall–Kier alpha value is -0.540. The summed E-state index contributed by atoms with van der Waals surface area (Å²) in [5, 5.41) is 3.02. The molecule has 18 heavy (non-hydrogen) atoms. The molecule has 4 heteroatoms. The Bertz CT molecular complexity index is 392. The SMILES string of the molecule is Cc1cc(C(=O)NCC(C)(C)CCCCl)sc1C. The first-order valence-corrected chi connectivity index (χ1v) is 7.62. The van der Waals surface area contributed by atoms with Crippen LogP contribution >= 0.6 is 22.9 Å². The van der Waals surface area contributed by atoms with Gasteiger partial charge in [0.25, 0.3) is 5.91 Å². The van der Waals surface area contributed by atoms with Crippen molar-refractivity contribution >= 4 is 28.8 Å². The van der Waals surface area contributed by atoms with Gasteiger partial charge in [-0.3, -0.25) is 4.79 Å². The first-order chi connectivity index (χ1) is 8.35. The van der Waals surface area contributed by atoms with Crippen LogP contribution in [0.2, 0.25) is 0 Å². The van der Waals surface area contributed by atoms with E-state index in [9.17, 15) is 4.79 Å². The van der Waals surface area contributed by atoms with E-state index in [2.05, 4.69) is 19.2 Å². The third-order valence-electron chi connectivity index (χ3n) is 3.10. The summed E-state index contributed by atoms with van der Waals surface area (Å²) in [7, 11) is 0. The van der Waals surface area contributed by atoms with Crippen LogP contribution in [0, 0.1) is 19.3 Å². The predicted molar refractivity (Wildman–Crippen MR) is 79.9 cm³/mol. The second-order valence-corrected chi connectivity index (χ2v) is 7.12. The Morgan fingerprint density at radius 2 is 2.11 bits per heavy atom. The van der Waals surface area contributed by atoms with E-state index in [4.69, 9.17) is 11.6 Å². The zero-order chi connectivity index (χ0) is 13.8. The number of aryl methyl sites for hydroxylation is 2. The molecule has 1 heterocycles. The number of thiophene rings is 1. The van der Waals surface area contributed by atoms with Crippen molar-refractivity contribution in [1.82, 2.24) is 5.32 Å². The van der Waals surface area contributed by atoms with Crippen LogP contribution in [0.1, 0.15) is 46.8 Å². The van der Waals surface area contributed by atoms with Crippen LogP contribution in [-0.4, -0.2) is 18.3 Å². The molecule has 0 bridgehead atoms. The average Bonchev–Trinajstić information content (AvgIpc) is 2.64. The second-order valence-electron chi connectivity index (χ2n) is 5.49. The standard InChI is InChI=1S/C14H22ClNOS/c1-10-8-12(18-11(10)2)13(17)16-9-14(3,4)6-5-7-15/h8H,5-7,9H2,1-4H3,(H,16,17). The van der Waals surface area contributed by atoms with E-state index >= 15 is 0 Å². The van der Waals surface area contributed by atoms with Crippen molar-refractivity contribution in [2.24, 2.45) is 5.41 Å². The first kappa shape index (κ1) is 15.5. The van der Waals surface area contributed by atoms with Crippen molar-refractivity contribution in [3.05, 3.63) is 21.4 Å². The van der Waals surface area contributed by atoms with Crippen molar-refractivity contribution in [2.45, 2.75) is 40.5 Å². The molecule has 1 rings (SSSR count). The van der Waals surface area contributed by atoms with E-state index in [1.165, 1.54) is 10.4 Å². The van der Waals surface area contributed by atoms with E-state index in [1.807, 2.05) is 19.9 Å². The molecule has 0 radical (unpaired) electrons. The maximum atomic E-state index is 12.0. The number of carbonyl (C=O) groups is 1. The highest BCUT2D eigenvalue weighted by molar-refractivity contribution is 7.14. The number of carbonyl (C=O) groups excluding carboxylic acids is 1. The van der Waals surface area contributed by atoms with Crippen LogP contribution in [0.25, 0.3) is 0 Å². The molecule has 2 nitrogen and oxygen atoms in total. The lowest BCUT2D eigenvalue weighted by molar-refractivity contribution is 0.0938. The number of alkyl halides is 1. The van der Waals surface area contributed by atoms with Gasteiger partial charge in [-0.15, -0.1) is 22.9 Å². The molecule has 0 atom stereocenters. The molecule has 0 fully saturated rings. The summed E-state index contributed by atoms with van der Waals surface area (Å²) < 4.78 is 0. The van der Waals surface area contributed by atoms with Gasteiger partial charge in [0, 0.05) is 17.3 Å². The zero-order valence-electron chi connectivity index (χ0n) is 11.6. The number of halogens is 1. The maximum absolute atomic E-state index is 12.0. The summed E-state index contributed by atoms with van der Waals surface area (Å²) in [5.41, 5.74) is 1.29. The van der Waals surface area contributed by atoms with Crippen LogP contribution in [0.15, 0.2) is 6.07 Å². The second kappa shape index (κ2) is 6.58. The van der Waals surface area contributed by atoms with Crippen LogP contribution in [0.4, 0.5) is 0 Å². The van der Waals surface area contributed by atoms with Gasteiger partial charge in [0.1, 0.15) is 0 Å². The third-order valence-corrected chi connectivity index (χ3v) is 4.52. The highest BCUT2D eigenvalue weighted by Crippen LogP contribution is 2.23. The third kappa shape index (κ3) is 4.62. The minimum Gasteiger partial charge on any atom is -0.351 e. The first-order valence-electron chi connectivity index (χ1n) is 6.27. The molecule has 0 aliphatic heterocycles. The predicted octanol–water partition coefficient (Wildman–Crippen LogP) is 4.14. The van der Waals surface area contributed by atoms with Crippen LogP contribution in [0.5, 0.6) is 0 Å². The molecule has 1 amide bonds. The maximum Gasteiger partial charge on any atom is 0.261 e. The molecule has 1 aromatic heterocycles. The molecule has 0 unspecified atom stereocenters. The minimum absolute atomic E-state index is 0.0372. The summed E-state index contributed by atoms with van der Waals surface area (Å²) in [5.74, 6) is 0.718. The van der Waals surface area contributed by atoms with E-state index in [0.717, 1.165) is 17.7 Å². The van der Waals surface area contributed by atoms with Crippen molar-refractivity contribution in [3.8, 4) is 0 Å². The van der Waals surface area contributed by atoms with E-state index in [1.54, 1.807) is 11.3 Å². The Morgan fingerprint density at radius 1 is 1.44 bits per heavy atom. The normalized spacial score (nSPS) is 11.6. The molecule has 0 saturated carbocycles. The van der Waals surface area contributed by atoms with E-state index in [-0.39, 0.29) is 11.3 Å². The Labute approximate surface area is 119 Å². The van der Waals surface area contributed by atoms with Crippen molar-refractivity contribution in [3.63, 3.8) is 0 Å². The topological polar surface area (TPSA) is 29.1 Å². The molecule has 0 aliphatic rings. The summed E-state index contributed by atoms with van der Waals surface area (Å²) in [6, 6.07) is 1.96. The lowest BCUT2D eigenvalue weighted by Gasteiger charge is -2.24. The number of hydrogen-bond donors (Lipinski definition) is 1. The molecule has 0 saturated heterocycles. The lowest BCUT2D eigenvalue weighted by atomic mass is 9.88. The van der Waals surface area contributed by atoms with Crippen LogP contribution in [0.3, 0.4) is 0 Å². The fraction of sp³-hybridized carbons (Fsp3) is 0.643. The molecule has 1 aromatic rings. The molecule has 0 aromatic carbocycles. The van der Waals surface area contributed by atoms with Gasteiger partial charge in [0.2, 0.25) is 0 Å². The van der Waals surface area contributed by atoms with Crippen molar-refractivity contribution in [1.29, 1.82) is 0 Å². The molecular formula is C14H22ClNOS. The molecule has 102 valence electrons. The van der Waals surface area contributed by atoms with Gasteiger partial charge in [-0.2, -0.15) is 0 Å². The van der Waals surface area contributed by atoms with Crippen LogP contribution < -0.4 is 5.32 Å². The Kier molecular flexibility index (Phi) is 5.67. The van der Waals surface area contributed by atoms with Gasteiger partial charge in [-0.1, -0.05) is 13.8 Å². The Balaban J connectivity index is 2.50. The molecule has 0 aliphatic carbocycles. The monoisotopic (exact) mass is 287 g/mol. The van der Waals surface area contributed by atoms with Crippen LogP contribution in [-0.2, 0) is 0 Å². The number of hydrogen-bond acceptors (Lipinski definition) is 2. The number of rotatable bonds is 6. The largest absolute Gasteiger partial charge is 0.351 e. The molecule has 0 spiro atoms. The van der Waals surface area contributed by atoms with Gasteiger partial charge >= 0.3 is 0 Å². The number of amides is 1. The highest BCUT2D eigenvalue weighted by atomic mass is 35.5. The Morgan fingerprint density at radius 3 is 2.61 bits per heavy atom. The van der Waals surface area contributed by atoms with Gasteiger partial charge in [-0.25, -0.2) is 0 Å². The van der Waals surface area contributed by atoms with E-state index < -0.39 is 0 Å². The fourth-order valence-electron chi connectivity index (χ4n) is 1.73. The smallest absolute Gasteiger partial charge is 0.261 e. The quantitative estimate of drug-likeness (QED) is 0.783. The summed E-state index contributed by atoms with van der Waals surface area (Å²) in [6.07, 6.45) is 2.01. The molecular weight excluding hydrogens is 266 g/mol. The van der Waals surface area contributed by atoms with Gasteiger partial charge in [0.15, 0.2) is 0 Å². The van der Waals surface area contributed by atoms with Gasteiger partial charge in [-0.05, 0) is 43.7 Å². The highest BCUT2D eigenvalue weighted by Gasteiger charge is 2.19. The summed E-state index contributed by atoms with van der Waals surface area (Å²) in [4.78, 5) is 14.0. The van der Waals surface area contributed by atoms with Crippen molar-refractivity contribution < 1.29 is 4.79 Å². The molecule has 1 N–H and O–H groups in total. The summed E-state index contributed by atoms with van der Waals surface area (Å²) in [6.45, 7) is 9.09. The number of nitrogens with one attached hydrogen (secondary N) is 1. The van der Waals surface area contributed by atoms with Crippen molar-refractivity contribution in [2.75, 3.05) is 12.4 Å². The van der Waals surface area contributed by atoms with E-state index in [0.29, 0.717) is 12.4 Å². The average molecular weight is 288 g/mol. The summed E-state index contributed by atoms with van der Waals surface area (Å²) >= 11 is 7.26. The lowest BCUT2D eigenvalue weighted by Crippen LogP contribution is -2.33. The van der Waals surface area contributed by atoms with Gasteiger partial charge in [0.05, 0.1) is 4.88 Å². The van der Waals surface area contributed by atoms with Gasteiger partial charge < -0.3 is 5.32 Å².